The molecule has 1 saturated heterocycles. The Morgan fingerprint density at radius 1 is 1.07 bits per heavy atom. The Labute approximate surface area is 160 Å². The molecule has 0 saturated carbocycles. The van der Waals surface area contributed by atoms with E-state index in [2.05, 4.69) is 35.4 Å². The molecule has 1 aromatic carbocycles. The van der Waals surface area contributed by atoms with Gasteiger partial charge < -0.3 is 15.4 Å². The first-order valence-electron chi connectivity index (χ1n) is 8.54. The van der Waals surface area contributed by atoms with E-state index in [0.717, 1.165) is 18.7 Å². The number of tetrazole rings is 1. The van der Waals surface area contributed by atoms with Gasteiger partial charge in [0.1, 0.15) is 5.82 Å². The number of nitrogens with two attached hydrogens (primary N) is 1. The van der Waals surface area contributed by atoms with E-state index in [1.54, 1.807) is 4.68 Å². The molecule has 0 bridgehead atoms. The fourth-order valence-electron chi connectivity index (χ4n) is 2.68. The van der Waals surface area contributed by atoms with Gasteiger partial charge >= 0.3 is 0 Å². The molecule has 0 radical (unpaired) electrons. The number of rotatable bonds is 6. The number of nitrogen functional groups attached to an aromatic ring is 1. The summed E-state index contributed by atoms with van der Waals surface area (Å²) < 4.78 is 7.12. The molecule has 11 heteroatoms. The quantitative estimate of drug-likeness (QED) is 0.604. The van der Waals surface area contributed by atoms with Crippen molar-refractivity contribution in [3.05, 3.63) is 41.7 Å². The molecular formula is C16H19N9OS. The van der Waals surface area contributed by atoms with Crippen LogP contribution in [0.5, 0.6) is 0 Å². The monoisotopic (exact) mass is 385 g/mol. The zero-order valence-corrected chi connectivity index (χ0v) is 15.4. The molecule has 1 fully saturated rings. The third kappa shape index (κ3) is 4.49. The number of benzene rings is 1. The molecular weight excluding hydrogens is 366 g/mol. The number of thioether (sulfide) groups is 1. The van der Waals surface area contributed by atoms with E-state index in [1.807, 2.05) is 30.3 Å². The van der Waals surface area contributed by atoms with Crippen molar-refractivity contribution in [2.75, 3.05) is 36.9 Å². The van der Waals surface area contributed by atoms with Gasteiger partial charge in [0, 0.05) is 13.1 Å². The van der Waals surface area contributed by atoms with Gasteiger partial charge in [0.05, 0.1) is 25.5 Å². The zero-order chi connectivity index (χ0) is 18.5. The van der Waals surface area contributed by atoms with Gasteiger partial charge in [-0.25, -0.2) is 4.68 Å². The van der Waals surface area contributed by atoms with Crippen LogP contribution in [0.4, 0.5) is 11.9 Å². The fourth-order valence-corrected chi connectivity index (χ4v) is 3.41. The first kappa shape index (κ1) is 17.6. The number of aromatic nitrogens is 7. The van der Waals surface area contributed by atoms with Gasteiger partial charge in [-0.2, -0.15) is 15.0 Å². The van der Waals surface area contributed by atoms with Crippen molar-refractivity contribution in [2.45, 2.75) is 17.5 Å². The van der Waals surface area contributed by atoms with Crippen molar-refractivity contribution in [2.24, 2.45) is 0 Å². The van der Waals surface area contributed by atoms with Crippen LogP contribution < -0.4 is 10.6 Å². The number of hydrogen-bond acceptors (Lipinski definition) is 10. The molecule has 0 aliphatic carbocycles. The molecule has 140 valence electrons. The first-order valence-corrected chi connectivity index (χ1v) is 9.52. The Bertz CT molecular complexity index is 883. The zero-order valence-electron chi connectivity index (χ0n) is 14.6. The smallest absolute Gasteiger partial charge is 0.230 e. The van der Waals surface area contributed by atoms with Crippen LogP contribution in [-0.4, -0.2) is 61.5 Å². The van der Waals surface area contributed by atoms with Gasteiger partial charge in [0.2, 0.25) is 17.1 Å². The van der Waals surface area contributed by atoms with E-state index in [-0.39, 0.29) is 5.95 Å². The number of anilines is 2. The summed E-state index contributed by atoms with van der Waals surface area (Å²) in [5.74, 6) is 1.90. The second-order valence-corrected chi connectivity index (χ2v) is 6.85. The highest BCUT2D eigenvalue weighted by Crippen LogP contribution is 2.20. The molecule has 1 aliphatic rings. The van der Waals surface area contributed by atoms with Gasteiger partial charge in [-0.3, -0.25) is 0 Å². The van der Waals surface area contributed by atoms with Crippen molar-refractivity contribution in [1.82, 2.24) is 35.2 Å². The summed E-state index contributed by atoms with van der Waals surface area (Å²) in [6.45, 7) is 3.40. The van der Waals surface area contributed by atoms with Crippen molar-refractivity contribution < 1.29 is 4.74 Å². The fraction of sp³-hybridized carbons (Fsp3) is 0.375. The summed E-state index contributed by atoms with van der Waals surface area (Å²) >= 11 is 1.47. The van der Waals surface area contributed by atoms with E-state index < -0.39 is 0 Å². The Hall–Kier alpha value is -2.79. The van der Waals surface area contributed by atoms with Crippen LogP contribution in [0.25, 0.3) is 0 Å². The Morgan fingerprint density at radius 3 is 2.70 bits per heavy atom. The van der Waals surface area contributed by atoms with Gasteiger partial charge in [-0.1, -0.05) is 42.1 Å². The maximum Gasteiger partial charge on any atom is 0.230 e. The summed E-state index contributed by atoms with van der Waals surface area (Å²) in [5, 5.41) is 12.6. The van der Waals surface area contributed by atoms with Crippen LogP contribution >= 0.6 is 11.8 Å². The van der Waals surface area contributed by atoms with Crippen molar-refractivity contribution in [3.63, 3.8) is 0 Å². The van der Waals surface area contributed by atoms with Crippen LogP contribution in [0.2, 0.25) is 0 Å². The third-order valence-corrected chi connectivity index (χ3v) is 4.94. The molecule has 10 nitrogen and oxygen atoms in total. The summed E-state index contributed by atoms with van der Waals surface area (Å²) in [7, 11) is 0. The van der Waals surface area contributed by atoms with Gasteiger partial charge in [0.25, 0.3) is 0 Å². The van der Waals surface area contributed by atoms with Crippen LogP contribution in [-0.2, 0) is 17.0 Å². The molecule has 0 unspecified atom stereocenters. The van der Waals surface area contributed by atoms with E-state index in [0.29, 0.717) is 42.4 Å². The summed E-state index contributed by atoms with van der Waals surface area (Å²) in [6.07, 6.45) is 0. The third-order valence-electron chi connectivity index (χ3n) is 3.99. The average Bonchev–Trinajstić information content (AvgIpc) is 3.14. The minimum absolute atomic E-state index is 0.214. The predicted molar refractivity (Wildman–Crippen MR) is 100 cm³/mol. The lowest BCUT2D eigenvalue weighted by Gasteiger charge is -2.26. The second-order valence-electron chi connectivity index (χ2n) is 5.90. The number of morpholine rings is 1. The Balaban J connectivity index is 1.45. The van der Waals surface area contributed by atoms with Gasteiger partial charge in [-0.05, 0) is 16.0 Å². The highest BCUT2D eigenvalue weighted by Gasteiger charge is 2.16. The predicted octanol–water partition coefficient (Wildman–Crippen LogP) is 0.617. The van der Waals surface area contributed by atoms with Crippen LogP contribution in [0.15, 0.2) is 35.5 Å². The van der Waals surface area contributed by atoms with E-state index in [1.165, 1.54) is 11.8 Å². The number of hydrogen-bond donors (Lipinski definition) is 1. The second kappa shape index (κ2) is 8.27. The maximum absolute atomic E-state index is 5.87. The summed E-state index contributed by atoms with van der Waals surface area (Å²) in [6, 6.07) is 10.0. The standard InChI is InChI=1S/C16H19N9OS/c17-14-18-13(19-15(20-14)24-6-8-26-9-7-24)11-27-16-21-22-23-25(16)10-12-4-2-1-3-5-12/h1-5H,6-11H2,(H2,17,18,19,20). The normalized spacial score (nSPS) is 14.4. The van der Waals surface area contributed by atoms with E-state index in [9.17, 15) is 0 Å². The lowest BCUT2D eigenvalue weighted by molar-refractivity contribution is 0.122. The average molecular weight is 385 g/mol. The Kier molecular flexibility index (Phi) is 5.39. The maximum atomic E-state index is 5.87. The van der Waals surface area contributed by atoms with Gasteiger partial charge in [0.15, 0.2) is 0 Å². The highest BCUT2D eigenvalue weighted by molar-refractivity contribution is 7.98. The molecule has 4 rings (SSSR count). The van der Waals surface area contributed by atoms with Crippen LogP contribution in [0.3, 0.4) is 0 Å². The molecule has 27 heavy (non-hydrogen) atoms. The van der Waals surface area contributed by atoms with E-state index >= 15 is 0 Å². The minimum atomic E-state index is 0.214. The lowest BCUT2D eigenvalue weighted by atomic mass is 10.2. The molecule has 1 aliphatic heterocycles. The summed E-state index contributed by atoms with van der Waals surface area (Å²) in [5.41, 5.74) is 7.00. The largest absolute Gasteiger partial charge is 0.378 e. The minimum Gasteiger partial charge on any atom is -0.378 e. The molecule has 2 aromatic heterocycles. The molecule has 3 aromatic rings. The molecule has 0 amide bonds. The molecule has 0 spiro atoms. The highest BCUT2D eigenvalue weighted by atomic mass is 32.2. The first-order chi connectivity index (χ1) is 13.3. The topological polar surface area (TPSA) is 121 Å². The summed E-state index contributed by atoms with van der Waals surface area (Å²) in [4.78, 5) is 15.1. The molecule has 2 N–H and O–H groups in total. The van der Waals surface area contributed by atoms with Crippen LogP contribution in [0.1, 0.15) is 11.4 Å². The lowest BCUT2D eigenvalue weighted by Crippen LogP contribution is -2.37. The van der Waals surface area contributed by atoms with Crippen molar-refractivity contribution in [1.29, 1.82) is 0 Å². The number of nitrogens with zero attached hydrogens (tertiary/aromatic N) is 8. The SMILES string of the molecule is Nc1nc(CSc2nnnn2Cc2ccccc2)nc(N2CCOCC2)n1. The van der Waals surface area contributed by atoms with Crippen LogP contribution in [0, 0.1) is 0 Å². The molecule has 3 heterocycles. The van der Waals surface area contributed by atoms with Gasteiger partial charge in [-0.15, -0.1) is 5.10 Å². The Morgan fingerprint density at radius 2 is 1.89 bits per heavy atom. The van der Waals surface area contributed by atoms with Crippen molar-refractivity contribution in [3.8, 4) is 0 Å². The van der Waals surface area contributed by atoms with E-state index in [4.69, 9.17) is 10.5 Å². The molecule has 0 atom stereocenters. The number of ether oxygens (including phenoxy) is 1. The van der Waals surface area contributed by atoms with Crippen molar-refractivity contribution >= 4 is 23.7 Å².